The highest BCUT2D eigenvalue weighted by Crippen LogP contribution is 2.29. The van der Waals surface area contributed by atoms with Crippen LogP contribution in [0.15, 0.2) is 0 Å². The smallest absolute Gasteiger partial charge is 0.223 e. The van der Waals surface area contributed by atoms with Crippen molar-refractivity contribution in [1.82, 2.24) is 5.32 Å². The second kappa shape index (κ2) is 6.53. The molecule has 4 N–H and O–H groups in total. The second-order valence-corrected chi connectivity index (χ2v) is 6.03. The van der Waals surface area contributed by atoms with Gasteiger partial charge in [0, 0.05) is 12.5 Å². The number of hydrogen-bond donors (Lipinski definition) is 3. The fourth-order valence-electron chi connectivity index (χ4n) is 3.28. The van der Waals surface area contributed by atoms with E-state index in [1.807, 2.05) is 0 Å². The van der Waals surface area contributed by atoms with Crippen molar-refractivity contribution in [2.24, 2.45) is 23.5 Å². The summed E-state index contributed by atoms with van der Waals surface area (Å²) in [6.07, 6.45) is 6.80. The molecule has 104 valence electrons. The molecule has 0 spiro atoms. The number of carbonyl (C=O) groups is 1. The number of nitrogens with one attached hydrogen (secondary N) is 1. The van der Waals surface area contributed by atoms with Crippen molar-refractivity contribution in [2.45, 2.75) is 51.0 Å². The number of amides is 1. The summed E-state index contributed by atoms with van der Waals surface area (Å²) >= 11 is 0. The lowest BCUT2D eigenvalue weighted by atomic mass is 9.81. The van der Waals surface area contributed by atoms with E-state index < -0.39 is 0 Å². The number of aliphatic hydroxyl groups excluding tert-OH is 1. The van der Waals surface area contributed by atoms with Crippen molar-refractivity contribution in [3.63, 3.8) is 0 Å². The van der Waals surface area contributed by atoms with Crippen molar-refractivity contribution in [3.8, 4) is 0 Å². The zero-order valence-corrected chi connectivity index (χ0v) is 11.1. The maximum Gasteiger partial charge on any atom is 0.223 e. The highest BCUT2D eigenvalue weighted by atomic mass is 16.3. The first kappa shape index (κ1) is 13.8. The summed E-state index contributed by atoms with van der Waals surface area (Å²) in [5.74, 6) is 1.51. The summed E-state index contributed by atoms with van der Waals surface area (Å²) in [7, 11) is 0. The SMILES string of the molecule is NCC1CCC(C(=O)NCC2CCC(O)C2)CC1. The molecule has 2 fully saturated rings. The van der Waals surface area contributed by atoms with Crippen LogP contribution in [0.2, 0.25) is 0 Å². The first-order chi connectivity index (χ1) is 8.69. The Morgan fingerprint density at radius 3 is 2.33 bits per heavy atom. The number of aliphatic hydroxyl groups is 1. The average molecular weight is 254 g/mol. The van der Waals surface area contributed by atoms with Gasteiger partial charge in [0.25, 0.3) is 0 Å². The summed E-state index contributed by atoms with van der Waals surface area (Å²) in [4.78, 5) is 12.0. The van der Waals surface area contributed by atoms with Crippen LogP contribution in [0.4, 0.5) is 0 Å². The van der Waals surface area contributed by atoms with Gasteiger partial charge in [-0.25, -0.2) is 0 Å². The van der Waals surface area contributed by atoms with Crippen LogP contribution in [0.25, 0.3) is 0 Å². The van der Waals surface area contributed by atoms with Gasteiger partial charge in [0.15, 0.2) is 0 Å². The highest BCUT2D eigenvalue weighted by Gasteiger charge is 2.27. The van der Waals surface area contributed by atoms with Gasteiger partial charge < -0.3 is 16.2 Å². The Hall–Kier alpha value is -0.610. The van der Waals surface area contributed by atoms with Gasteiger partial charge in [-0.1, -0.05) is 0 Å². The maximum atomic E-state index is 12.0. The molecule has 2 rings (SSSR count). The van der Waals surface area contributed by atoms with E-state index in [0.717, 1.165) is 58.0 Å². The van der Waals surface area contributed by atoms with Crippen LogP contribution < -0.4 is 11.1 Å². The number of rotatable bonds is 4. The Kier molecular flexibility index (Phi) is 5.01. The third-order valence-electron chi connectivity index (χ3n) is 4.63. The van der Waals surface area contributed by atoms with Gasteiger partial charge in [0.1, 0.15) is 0 Å². The molecule has 4 heteroatoms. The summed E-state index contributed by atoms with van der Waals surface area (Å²) in [5, 5.41) is 12.5. The Bertz CT molecular complexity index is 275. The second-order valence-electron chi connectivity index (χ2n) is 6.03. The molecule has 0 aromatic rings. The first-order valence-electron chi connectivity index (χ1n) is 7.35. The maximum absolute atomic E-state index is 12.0. The number of hydrogen-bond acceptors (Lipinski definition) is 3. The fourth-order valence-corrected chi connectivity index (χ4v) is 3.28. The molecule has 0 aliphatic heterocycles. The molecule has 2 saturated carbocycles. The average Bonchev–Trinajstić information content (AvgIpc) is 2.82. The predicted octanol–water partition coefficient (Wildman–Crippen LogP) is 1.03. The molecule has 0 saturated heterocycles. The molecule has 0 heterocycles. The lowest BCUT2D eigenvalue weighted by molar-refractivity contribution is -0.126. The van der Waals surface area contributed by atoms with Crippen molar-refractivity contribution >= 4 is 5.91 Å². The molecule has 1 amide bonds. The van der Waals surface area contributed by atoms with E-state index >= 15 is 0 Å². The van der Waals surface area contributed by atoms with Crippen LogP contribution >= 0.6 is 0 Å². The molecule has 4 nitrogen and oxygen atoms in total. The van der Waals surface area contributed by atoms with Crippen molar-refractivity contribution in [2.75, 3.05) is 13.1 Å². The number of nitrogens with two attached hydrogens (primary N) is 1. The molecular formula is C14H26N2O2. The highest BCUT2D eigenvalue weighted by molar-refractivity contribution is 5.78. The number of carbonyl (C=O) groups excluding carboxylic acids is 1. The molecule has 18 heavy (non-hydrogen) atoms. The van der Waals surface area contributed by atoms with Gasteiger partial charge in [-0.2, -0.15) is 0 Å². The van der Waals surface area contributed by atoms with Crippen LogP contribution in [0, 0.1) is 17.8 Å². The zero-order chi connectivity index (χ0) is 13.0. The lowest BCUT2D eigenvalue weighted by Gasteiger charge is -2.27. The molecule has 2 atom stereocenters. The van der Waals surface area contributed by atoms with Crippen LogP contribution in [0.1, 0.15) is 44.9 Å². The Morgan fingerprint density at radius 2 is 1.78 bits per heavy atom. The van der Waals surface area contributed by atoms with Crippen LogP contribution in [0.3, 0.4) is 0 Å². The van der Waals surface area contributed by atoms with E-state index in [-0.39, 0.29) is 17.9 Å². The van der Waals surface area contributed by atoms with Crippen molar-refractivity contribution in [3.05, 3.63) is 0 Å². The molecule has 2 unspecified atom stereocenters. The van der Waals surface area contributed by atoms with Gasteiger partial charge in [-0.3, -0.25) is 4.79 Å². The van der Waals surface area contributed by atoms with E-state index in [4.69, 9.17) is 5.73 Å². The van der Waals surface area contributed by atoms with Crippen LogP contribution in [0.5, 0.6) is 0 Å². The quantitative estimate of drug-likeness (QED) is 0.701. The molecular weight excluding hydrogens is 228 g/mol. The van der Waals surface area contributed by atoms with Crippen LogP contribution in [-0.2, 0) is 4.79 Å². The minimum atomic E-state index is -0.146. The lowest BCUT2D eigenvalue weighted by Crippen LogP contribution is -2.36. The Morgan fingerprint density at radius 1 is 1.11 bits per heavy atom. The zero-order valence-electron chi connectivity index (χ0n) is 11.1. The van der Waals surface area contributed by atoms with E-state index in [0.29, 0.717) is 11.8 Å². The van der Waals surface area contributed by atoms with Gasteiger partial charge in [-0.05, 0) is 63.3 Å². The van der Waals surface area contributed by atoms with Gasteiger partial charge >= 0.3 is 0 Å². The van der Waals surface area contributed by atoms with E-state index in [2.05, 4.69) is 5.32 Å². The fraction of sp³-hybridized carbons (Fsp3) is 0.929. The van der Waals surface area contributed by atoms with Crippen LogP contribution in [-0.4, -0.2) is 30.2 Å². The largest absolute Gasteiger partial charge is 0.393 e. The van der Waals surface area contributed by atoms with Gasteiger partial charge in [0.2, 0.25) is 5.91 Å². The summed E-state index contributed by atoms with van der Waals surface area (Å²) in [5.41, 5.74) is 5.65. The van der Waals surface area contributed by atoms with Crippen molar-refractivity contribution < 1.29 is 9.90 Å². The van der Waals surface area contributed by atoms with E-state index in [9.17, 15) is 9.90 Å². The van der Waals surface area contributed by atoms with E-state index in [1.165, 1.54) is 0 Å². The Balaban J connectivity index is 1.66. The monoisotopic (exact) mass is 254 g/mol. The van der Waals surface area contributed by atoms with Gasteiger partial charge in [0.05, 0.1) is 6.10 Å². The molecule has 0 aromatic carbocycles. The van der Waals surface area contributed by atoms with Crippen molar-refractivity contribution in [1.29, 1.82) is 0 Å². The van der Waals surface area contributed by atoms with E-state index in [1.54, 1.807) is 0 Å². The molecule has 0 radical (unpaired) electrons. The third kappa shape index (κ3) is 3.69. The molecule has 2 aliphatic carbocycles. The minimum absolute atomic E-state index is 0.146. The first-order valence-corrected chi connectivity index (χ1v) is 7.35. The summed E-state index contributed by atoms with van der Waals surface area (Å²) in [6.45, 7) is 1.50. The summed E-state index contributed by atoms with van der Waals surface area (Å²) in [6, 6.07) is 0. The topological polar surface area (TPSA) is 75.4 Å². The molecule has 0 bridgehead atoms. The minimum Gasteiger partial charge on any atom is -0.393 e. The van der Waals surface area contributed by atoms with Gasteiger partial charge in [-0.15, -0.1) is 0 Å². The Labute approximate surface area is 109 Å². The molecule has 2 aliphatic rings. The summed E-state index contributed by atoms with van der Waals surface area (Å²) < 4.78 is 0. The standard InChI is InChI=1S/C14H26N2O2/c15-8-10-1-4-12(5-2-10)14(18)16-9-11-3-6-13(17)7-11/h10-13,17H,1-9,15H2,(H,16,18). The normalized spacial score (nSPS) is 36.6. The predicted molar refractivity (Wildman–Crippen MR) is 70.9 cm³/mol. The third-order valence-corrected chi connectivity index (χ3v) is 4.63. The molecule has 0 aromatic heterocycles.